The number of amides is 1. The van der Waals surface area contributed by atoms with Crippen molar-refractivity contribution in [2.75, 3.05) is 0 Å². The number of hydrogen-bond acceptors (Lipinski definition) is 4. The average Bonchev–Trinajstić information content (AvgIpc) is 3.36. The molecule has 5 rings (SSSR count). The fourth-order valence-corrected chi connectivity index (χ4v) is 5.71. The van der Waals surface area contributed by atoms with E-state index in [9.17, 15) is 4.79 Å². The smallest absolute Gasteiger partial charge is 0.240 e. The molecule has 2 aliphatic rings. The van der Waals surface area contributed by atoms with Gasteiger partial charge in [-0.2, -0.15) is 0 Å². The topological polar surface area (TPSA) is 59.8 Å². The molecular weight excluding hydrogens is 368 g/mol. The zero-order chi connectivity index (χ0) is 18.9. The third kappa shape index (κ3) is 3.46. The second-order valence-corrected chi connectivity index (χ2v) is 8.98. The minimum atomic E-state index is 0.0823. The van der Waals surface area contributed by atoms with Gasteiger partial charge in [0.15, 0.2) is 5.82 Å². The fraction of sp³-hybridized carbons (Fsp3) is 0.500. The van der Waals surface area contributed by atoms with Crippen molar-refractivity contribution in [3.8, 4) is 11.5 Å². The van der Waals surface area contributed by atoms with E-state index in [0.717, 1.165) is 47.2 Å². The number of nitrogens with one attached hydrogen (secondary N) is 1. The molecule has 0 bridgehead atoms. The highest BCUT2D eigenvalue weighted by atomic mass is 32.1. The highest BCUT2D eigenvalue weighted by molar-refractivity contribution is 7.07. The van der Waals surface area contributed by atoms with Gasteiger partial charge in [0, 0.05) is 11.4 Å². The number of carbonyl (C=O) groups excluding carboxylic acids is 1. The van der Waals surface area contributed by atoms with Gasteiger partial charge in [0.05, 0.1) is 16.5 Å². The lowest BCUT2D eigenvalue weighted by atomic mass is 9.69. The van der Waals surface area contributed by atoms with Crippen LogP contribution in [0.5, 0.6) is 0 Å². The van der Waals surface area contributed by atoms with Crippen LogP contribution in [0.4, 0.5) is 0 Å². The number of hydrogen-bond donors (Lipinski definition) is 1. The maximum atomic E-state index is 12.9. The molecule has 0 aliphatic heterocycles. The van der Waals surface area contributed by atoms with Crippen LogP contribution in [0.25, 0.3) is 22.6 Å². The van der Waals surface area contributed by atoms with E-state index in [1.165, 1.54) is 32.1 Å². The first-order valence-corrected chi connectivity index (χ1v) is 11.4. The Morgan fingerprint density at radius 3 is 2.86 bits per heavy atom. The van der Waals surface area contributed by atoms with E-state index >= 15 is 0 Å². The summed E-state index contributed by atoms with van der Waals surface area (Å²) >= 11 is 1.55. The number of carbonyl (C=O) groups is 1. The second kappa shape index (κ2) is 7.66. The van der Waals surface area contributed by atoms with Crippen LogP contribution >= 0.6 is 11.3 Å². The Hall–Kier alpha value is -2.21. The van der Waals surface area contributed by atoms with Gasteiger partial charge in [0.2, 0.25) is 5.91 Å². The summed E-state index contributed by atoms with van der Waals surface area (Å²) in [7, 11) is 0. The Bertz CT molecular complexity index is 964. The fourth-order valence-electron chi connectivity index (χ4n) is 5.18. The van der Waals surface area contributed by atoms with Gasteiger partial charge in [-0.3, -0.25) is 4.79 Å². The molecule has 1 aromatic carbocycles. The van der Waals surface area contributed by atoms with Crippen molar-refractivity contribution in [2.24, 2.45) is 11.8 Å². The van der Waals surface area contributed by atoms with Crippen molar-refractivity contribution >= 4 is 28.3 Å². The van der Waals surface area contributed by atoms with Crippen LogP contribution in [0.3, 0.4) is 0 Å². The van der Waals surface area contributed by atoms with Crippen LogP contribution in [0, 0.1) is 11.8 Å². The molecule has 2 aromatic heterocycles. The Kier molecular flexibility index (Phi) is 4.89. The first-order valence-electron chi connectivity index (χ1n) is 10.4. The SMILES string of the molecule is O=C(Cn1c(-c2cscn2)nc2ccccc21)NC1CCC2CCCCC2C1. The van der Waals surface area contributed by atoms with E-state index in [0.29, 0.717) is 6.04 Å². The first kappa shape index (κ1) is 17.9. The lowest BCUT2D eigenvalue weighted by molar-refractivity contribution is -0.122. The minimum Gasteiger partial charge on any atom is -0.352 e. The molecule has 2 fully saturated rings. The molecule has 1 N–H and O–H groups in total. The number of nitrogens with zero attached hydrogens (tertiary/aromatic N) is 3. The zero-order valence-corrected chi connectivity index (χ0v) is 16.8. The molecule has 6 heteroatoms. The van der Waals surface area contributed by atoms with Crippen LogP contribution in [-0.2, 0) is 11.3 Å². The van der Waals surface area contributed by atoms with Crippen molar-refractivity contribution in [3.05, 3.63) is 35.2 Å². The quantitative estimate of drug-likeness (QED) is 0.701. The third-order valence-electron chi connectivity index (χ3n) is 6.52. The summed E-state index contributed by atoms with van der Waals surface area (Å²) in [6, 6.07) is 8.31. The maximum Gasteiger partial charge on any atom is 0.240 e. The summed E-state index contributed by atoms with van der Waals surface area (Å²) in [5.74, 6) is 2.57. The monoisotopic (exact) mass is 394 g/mol. The molecule has 3 unspecified atom stereocenters. The Morgan fingerprint density at radius 2 is 2.00 bits per heavy atom. The lowest BCUT2D eigenvalue weighted by Crippen LogP contribution is -2.42. The predicted octanol–water partition coefficient (Wildman–Crippen LogP) is 4.63. The Balaban J connectivity index is 1.34. The normalized spacial score (nSPS) is 24.8. The van der Waals surface area contributed by atoms with E-state index < -0.39 is 0 Å². The molecule has 28 heavy (non-hydrogen) atoms. The van der Waals surface area contributed by atoms with E-state index in [4.69, 9.17) is 4.98 Å². The molecule has 146 valence electrons. The number of rotatable bonds is 4. The number of benzene rings is 1. The third-order valence-corrected chi connectivity index (χ3v) is 7.11. The number of fused-ring (bicyclic) bond motifs is 2. The number of aromatic nitrogens is 3. The van der Waals surface area contributed by atoms with E-state index in [1.54, 1.807) is 11.3 Å². The van der Waals surface area contributed by atoms with Crippen molar-refractivity contribution in [2.45, 2.75) is 57.5 Å². The van der Waals surface area contributed by atoms with E-state index in [2.05, 4.69) is 10.3 Å². The van der Waals surface area contributed by atoms with Crippen molar-refractivity contribution < 1.29 is 4.79 Å². The van der Waals surface area contributed by atoms with Crippen LogP contribution in [0.2, 0.25) is 0 Å². The maximum absolute atomic E-state index is 12.9. The summed E-state index contributed by atoms with van der Waals surface area (Å²) in [6.45, 7) is 0.290. The van der Waals surface area contributed by atoms with Gasteiger partial charge in [0.25, 0.3) is 0 Å². The summed E-state index contributed by atoms with van der Waals surface area (Å²) in [6.07, 6.45) is 9.04. The van der Waals surface area contributed by atoms with Gasteiger partial charge in [-0.25, -0.2) is 9.97 Å². The molecule has 5 nitrogen and oxygen atoms in total. The Labute approximate surface area is 169 Å². The molecule has 2 heterocycles. The van der Waals surface area contributed by atoms with Gasteiger partial charge in [-0.05, 0) is 43.2 Å². The first-order chi connectivity index (χ1) is 13.8. The van der Waals surface area contributed by atoms with Gasteiger partial charge in [-0.1, -0.05) is 37.8 Å². The van der Waals surface area contributed by atoms with Crippen LogP contribution in [0.15, 0.2) is 35.2 Å². The zero-order valence-electron chi connectivity index (χ0n) is 16.0. The summed E-state index contributed by atoms with van der Waals surface area (Å²) in [5, 5.41) is 5.31. The summed E-state index contributed by atoms with van der Waals surface area (Å²) in [5.41, 5.74) is 4.52. The lowest BCUT2D eigenvalue weighted by Gasteiger charge is -2.39. The van der Waals surface area contributed by atoms with Crippen LogP contribution < -0.4 is 5.32 Å². The van der Waals surface area contributed by atoms with Crippen LogP contribution in [-0.4, -0.2) is 26.5 Å². The summed E-state index contributed by atoms with van der Waals surface area (Å²) < 4.78 is 2.01. The number of thiazole rings is 1. The highest BCUT2D eigenvalue weighted by Gasteiger charge is 2.32. The van der Waals surface area contributed by atoms with Crippen molar-refractivity contribution in [1.82, 2.24) is 19.9 Å². The predicted molar refractivity (Wildman–Crippen MR) is 112 cm³/mol. The molecule has 2 aliphatic carbocycles. The largest absolute Gasteiger partial charge is 0.352 e. The van der Waals surface area contributed by atoms with Gasteiger partial charge in [0.1, 0.15) is 12.2 Å². The standard InChI is InChI=1S/C22H26N4OS/c27-21(24-17-10-9-15-5-1-2-6-16(15)11-17)12-26-20-8-4-3-7-18(20)25-22(26)19-13-28-14-23-19/h3-4,7-8,13-17H,1-2,5-6,9-12H2,(H,24,27). The minimum absolute atomic E-state index is 0.0823. The molecule has 0 radical (unpaired) electrons. The molecule has 1 amide bonds. The van der Waals surface area contributed by atoms with Crippen molar-refractivity contribution in [3.63, 3.8) is 0 Å². The molecule has 0 spiro atoms. The molecule has 2 saturated carbocycles. The molecule has 0 saturated heterocycles. The average molecular weight is 395 g/mol. The van der Waals surface area contributed by atoms with E-state index in [-0.39, 0.29) is 12.5 Å². The number of imidazole rings is 1. The van der Waals surface area contributed by atoms with Crippen LogP contribution in [0.1, 0.15) is 44.9 Å². The molecule has 3 aromatic rings. The number of para-hydroxylation sites is 2. The van der Waals surface area contributed by atoms with Gasteiger partial charge < -0.3 is 9.88 Å². The Morgan fingerprint density at radius 1 is 1.14 bits per heavy atom. The van der Waals surface area contributed by atoms with Gasteiger partial charge >= 0.3 is 0 Å². The highest BCUT2D eigenvalue weighted by Crippen LogP contribution is 2.40. The van der Waals surface area contributed by atoms with E-state index in [1.807, 2.05) is 39.7 Å². The summed E-state index contributed by atoms with van der Waals surface area (Å²) in [4.78, 5) is 22.1. The molecular formula is C22H26N4OS. The van der Waals surface area contributed by atoms with Gasteiger partial charge in [-0.15, -0.1) is 11.3 Å². The second-order valence-electron chi connectivity index (χ2n) is 8.27. The van der Waals surface area contributed by atoms with Crippen molar-refractivity contribution in [1.29, 1.82) is 0 Å². The molecule has 3 atom stereocenters.